The zero-order chi connectivity index (χ0) is 19.4. The van der Waals surface area contributed by atoms with Gasteiger partial charge >= 0.3 is 0 Å². The van der Waals surface area contributed by atoms with E-state index in [9.17, 15) is 9.59 Å². The summed E-state index contributed by atoms with van der Waals surface area (Å²) in [6, 6.07) is 0. The Labute approximate surface area is 162 Å². The Morgan fingerprint density at radius 2 is 1.11 bits per heavy atom. The molecule has 0 N–H and O–H groups in total. The first-order chi connectivity index (χ1) is 12.9. The van der Waals surface area contributed by atoms with Gasteiger partial charge in [0.05, 0.1) is 26.4 Å². The number of ketones is 2. The van der Waals surface area contributed by atoms with Crippen LogP contribution >= 0.6 is 0 Å². The van der Waals surface area contributed by atoms with E-state index in [1.54, 1.807) is 0 Å². The molecule has 0 bridgehead atoms. The molecule has 6 nitrogen and oxygen atoms in total. The molecular weight excluding hydrogens is 344 g/mol. The summed E-state index contributed by atoms with van der Waals surface area (Å²) < 4.78 is 11.2. The predicted molar refractivity (Wildman–Crippen MR) is 102 cm³/mol. The van der Waals surface area contributed by atoms with E-state index in [2.05, 4.69) is 37.5 Å². The van der Waals surface area contributed by atoms with Gasteiger partial charge in [0.25, 0.3) is 0 Å². The first-order valence-corrected chi connectivity index (χ1v) is 10.7. The summed E-state index contributed by atoms with van der Waals surface area (Å²) >= 11 is 0. The van der Waals surface area contributed by atoms with Crippen LogP contribution in [0.1, 0.15) is 40.5 Å². The predicted octanol–water partition coefficient (Wildman–Crippen LogP) is 1.37. The highest BCUT2D eigenvalue weighted by atomic mass is 16.5. The van der Waals surface area contributed by atoms with Crippen LogP contribution in [-0.4, -0.2) is 85.1 Å². The van der Waals surface area contributed by atoms with Gasteiger partial charge in [0.2, 0.25) is 0 Å². The number of Topliss-reactive ketones (excluding diaryl/α,β-unsaturated/α-hetero) is 2. The van der Waals surface area contributed by atoms with Crippen molar-refractivity contribution >= 4 is 11.6 Å². The maximum absolute atomic E-state index is 13.6. The van der Waals surface area contributed by atoms with Gasteiger partial charge in [-0.3, -0.25) is 19.4 Å². The average molecular weight is 379 g/mol. The summed E-state index contributed by atoms with van der Waals surface area (Å²) in [7, 11) is 0. The molecule has 4 aliphatic rings. The fourth-order valence-electron chi connectivity index (χ4n) is 7.17. The number of hydrogen-bond acceptors (Lipinski definition) is 6. The third kappa shape index (κ3) is 2.05. The van der Waals surface area contributed by atoms with Crippen molar-refractivity contribution in [1.29, 1.82) is 0 Å². The normalized spacial score (nSPS) is 46.4. The molecule has 0 aromatic rings. The quantitative estimate of drug-likeness (QED) is 0.689. The van der Waals surface area contributed by atoms with Gasteiger partial charge in [0, 0.05) is 49.1 Å². The number of carbonyl (C=O) groups is 2. The van der Waals surface area contributed by atoms with Crippen molar-refractivity contribution in [2.75, 3.05) is 52.6 Å². The topological polar surface area (TPSA) is 59.1 Å². The molecule has 2 aliphatic carbocycles. The number of ether oxygens (including phenoxy) is 2. The third-order valence-corrected chi connectivity index (χ3v) is 8.40. The molecule has 2 saturated carbocycles. The van der Waals surface area contributed by atoms with E-state index >= 15 is 0 Å². The van der Waals surface area contributed by atoms with E-state index < -0.39 is 16.5 Å². The Morgan fingerprint density at radius 1 is 0.778 bits per heavy atom. The van der Waals surface area contributed by atoms with Crippen LogP contribution in [0.5, 0.6) is 0 Å². The lowest BCUT2D eigenvalue weighted by Gasteiger charge is -2.78. The minimum Gasteiger partial charge on any atom is -0.379 e. The molecule has 27 heavy (non-hydrogen) atoms. The van der Waals surface area contributed by atoms with Crippen molar-refractivity contribution in [3.05, 3.63) is 0 Å². The highest BCUT2D eigenvalue weighted by molar-refractivity contribution is 6.22. The first-order valence-electron chi connectivity index (χ1n) is 10.7. The van der Waals surface area contributed by atoms with Gasteiger partial charge in [-0.15, -0.1) is 0 Å². The van der Waals surface area contributed by atoms with Crippen molar-refractivity contribution in [1.82, 2.24) is 9.80 Å². The molecular formula is C21H34N2O4. The fraction of sp³-hybridized carbons (Fsp3) is 0.905. The van der Waals surface area contributed by atoms with Crippen molar-refractivity contribution < 1.29 is 19.1 Å². The Hall–Kier alpha value is -0.820. The van der Waals surface area contributed by atoms with Crippen molar-refractivity contribution in [2.45, 2.75) is 51.6 Å². The van der Waals surface area contributed by atoms with Gasteiger partial charge in [-0.1, -0.05) is 13.8 Å². The minimum atomic E-state index is -0.907. The average Bonchev–Trinajstić information content (AvgIpc) is 2.70. The maximum atomic E-state index is 13.6. The molecule has 4 rings (SSSR count). The van der Waals surface area contributed by atoms with E-state index in [0.717, 1.165) is 39.0 Å². The summed E-state index contributed by atoms with van der Waals surface area (Å²) in [6.45, 7) is 14.4. The molecule has 0 radical (unpaired) electrons. The van der Waals surface area contributed by atoms with Gasteiger partial charge in [-0.2, -0.15) is 0 Å². The summed E-state index contributed by atoms with van der Waals surface area (Å²) in [4.78, 5) is 32.1. The van der Waals surface area contributed by atoms with E-state index in [1.807, 2.05) is 0 Å². The molecule has 2 heterocycles. The second-order valence-corrected chi connectivity index (χ2v) is 8.89. The molecule has 0 amide bonds. The second-order valence-electron chi connectivity index (χ2n) is 8.89. The van der Waals surface area contributed by atoms with Crippen LogP contribution in [0, 0.1) is 17.3 Å². The van der Waals surface area contributed by atoms with Gasteiger partial charge in [0.15, 0.2) is 11.6 Å². The molecule has 2 saturated heterocycles. The highest BCUT2D eigenvalue weighted by Crippen LogP contribution is 2.71. The standard InChI is InChI=1S/C21H34N2O4/c1-5-15-17(24)21(19(15,3)22-7-11-26-12-8-22)18(25)16(6-2)20(21,4)23-9-13-27-14-10-23/h15-16H,5-14H2,1-4H3. The summed E-state index contributed by atoms with van der Waals surface area (Å²) in [5.41, 5.74) is -1.74. The molecule has 6 heteroatoms. The largest absolute Gasteiger partial charge is 0.379 e. The molecule has 4 fully saturated rings. The SMILES string of the molecule is CCC1C(=O)C2(C(=O)C(CC)C2(C)N2CCOCC2)C1(C)N1CCOCC1. The highest BCUT2D eigenvalue weighted by Gasteiger charge is 2.88. The van der Waals surface area contributed by atoms with E-state index in [1.165, 1.54) is 0 Å². The molecule has 0 aromatic heterocycles. The van der Waals surface area contributed by atoms with Crippen molar-refractivity contribution in [3.8, 4) is 0 Å². The van der Waals surface area contributed by atoms with E-state index in [0.29, 0.717) is 26.4 Å². The summed E-state index contributed by atoms with van der Waals surface area (Å²) in [5.74, 6) is 0.223. The molecule has 0 aromatic carbocycles. The molecule has 4 unspecified atom stereocenters. The monoisotopic (exact) mass is 378 g/mol. The van der Waals surface area contributed by atoms with Crippen molar-refractivity contribution in [2.24, 2.45) is 17.3 Å². The van der Waals surface area contributed by atoms with Crippen molar-refractivity contribution in [3.63, 3.8) is 0 Å². The van der Waals surface area contributed by atoms with E-state index in [-0.39, 0.29) is 23.4 Å². The first kappa shape index (κ1) is 19.5. The number of nitrogens with zero attached hydrogens (tertiary/aromatic N) is 2. The fourth-order valence-corrected chi connectivity index (χ4v) is 7.17. The molecule has 1 spiro atoms. The smallest absolute Gasteiger partial charge is 0.155 e. The maximum Gasteiger partial charge on any atom is 0.155 e. The van der Waals surface area contributed by atoms with Gasteiger partial charge in [-0.05, 0) is 26.7 Å². The Bertz CT molecular complexity index is 572. The summed E-state index contributed by atoms with van der Waals surface area (Å²) in [6.07, 6.45) is 1.58. The zero-order valence-electron chi connectivity index (χ0n) is 17.3. The van der Waals surface area contributed by atoms with Crippen LogP contribution in [0.3, 0.4) is 0 Å². The van der Waals surface area contributed by atoms with Crippen LogP contribution in [0.25, 0.3) is 0 Å². The lowest BCUT2D eigenvalue weighted by molar-refractivity contribution is -0.258. The van der Waals surface area contributed by atoms with Gasteiger partial charge in [-0.25, -0.2) is 0 Å². The minimum absolute atomic E-state index is 0.0716. The van der Waals surface area contributed by atoms with Gasteiger partial charge in [0.1, 0.15) is 5.41 Å². The van der Waals surface area contributed by atoms with Crippen LogP contribution in [0.15, 0.2) is 0 Å². The molecule has 152 valence electrons. The van der Waals surface area contributed by atoms with Crippen LogP contribution in [0.2, 0.25) is 0 Å². The van der Waals surface area contributed by atoms with Gasteiger partial charge < -0.3 is 9.47 Å². The Balaban J connectivity index is 1.81. The van der Waals surface area contributed by atoms with Crippen LogP contribution in [-0.2, 0) is 19.1 Å². The molecule has 2 aliphatic heterocycles. The number of rotatable bonds is 4. The number of hydrogen-bond donors (Lipinski definition) is 0. The van der Waals surface area contributed by atoms with Crippen LogP contribution in [0.4, 0.5) is 0 Å². The third-order valence-electron chi connectivity index (χ3n) is 8.40. The van der Waals surface area contributed by atoms with Crippen LogP contribution < -0.4 is 0 Å². The lowest BCUT2D eigenvalue weighted by atomic mass is 9.29. The number of carbonyl (C=O) groups excluding carboxylic acids is 2. The van der Waals surface area contributed by atoms with E-state index in [4.69, 9.17) is 9.47 Å². The lowest BCUT2D eigenvalue weighted by Crippen LogP contribution is -2.95. The molecule has 4 atom stereocenters. The second kappa shape index (κ2) is 6.61. The number of morpholine rings is 2. The zero-order valence-corrected chi connectivity index (χ0v) is 17.3. The Morgan fingerprint density at radius 3 is 1.41 bits per heavy atom. The summed E-state index contributed by atoms with van der Waals surface area (Å²) in [5, 5.41) is 0. The Kier molecular flexibility index (Phi) is 4.78.